The molecule has 154 valence electrons. The van der Waals surface area contributed by atoms with Crippen LogP contribution in [0.3, 0.4) is 0 Å². The highest BCUT2D eigenvalue weighted by Crippen LogP contribution is 2.16. The fraction of sp³-hybridized carbons (Fsp3) is 0.280. The lowest BCUT2D eigenvalue weighted by molar-refractivity contribution is 0.311. The van der Waals surface area contributed by atoms with E-state index >= 15 is 0 Å². The summed E-state index contributed by atoms with van der Waals surface area (Å²) in [6.07, 6.45) is 11.6. The fourth-order valence-corrected chi connectivity index (χ4v) is 3.16. The van der Waals surface area contributed by atoms with Gasteiger partial charge in [0.1, 0.15) is 0 Å². The smallest absolute Gasteiger partial charge is 0.0543 e. The van der Waals surface area contributed by atoms with Crippen LogP contribution in [0.5, 0.6) is 0 Å². The third-order valence-corrected chi connectivity index (χ3v) is 4.62. The summed E-state index contributed by atoms with van der Waals surface area (Å²) in [4.78, 5) is 19.4. The third-order valence-electron chi connectivity index (χ3n) is 4.62. The van der Waals surface area contributed by atoms with Gasteiger partial charge in [0.05, 0.1) is 11.4 Å². The van der Waals surface area contributed by atoms with Crippen molar-refractivity contribution in [2.24, 2.45) is 10.9 Å². The first kappa shape index (κ1) is 21.5. The van der Waals surface area contributed by atoms with Gasteiger partial charge < -0.3 is 0 Å². The maximum absolute atomic E-state index is 4.37. The Morgan fingerprint density at radius 3 is 1.80 bits per heavy atom. The Kier molecular flexibility index (Phi) is 8.42. The minimum Gasteiger partial charge on any atom is -0.295 e. The second-order valence-electron chi connectivity index (χ2n) is 7.49. The van der Waals surface area contributed by atoms with Gasteiger partial charge in [0, 0.05) is 55.7 Å². The standard InChI is InChI=1S/C13H15N3.C12H14N2/c1-16(10-12-6-2-4-8-14-12)11-13-7-3-5-9-15-13;1-10-5-7-14-12(8-10)9-11-4-2-3-6-13-11/h2-9H,10-11H2,1H3;2-4,6-8,10H,5,9H2,1H3. The fourth-order valence-electron chi connectivity index (χ4n) is 3.16. The monoisotopic (exact) mass is 399 g/mol. The molecule has 4 rings (SSSR count). The second-order valence-corrected chi connectivity index (χ2v) is 7.49. The van der Waals surface area contributed by atoms with Crippen molar-refractivity contribution in [1.82, 2.24) is 19.9 Å². The molecule has 1 aliphatic rings. The molecule has 3 aromatic heterocycles. The largest absolute Gasteiger partial charge is 0.295 e. The van der Waals surface area contributed by atoms with Crippen LogP contribution < -0.4 is 0 Å². The number of pyridine rings is 3. The van der Waals surface area contributed by atoms with Crippen molar-refractivity contribution in [3.05, 3.63) is 102 Å². The van der Waals surface area contributed by atoms with Gasteiger partial charge in [-0.1, -0.05) is 31.2 Å². The summed E-state index contributed by atoms with van der Waals surface area (Å²) in [6, 6.07) is 17.9. The van der Waals surface area contributed by atoms with E-state index < -0.39 is 0 Å². The zero-order chi connectivity index (χ0) is 21.0. The van der Waals surface area contributed by atoms with E-state index in [1.165, 1.54) is 0 Å². The van der Waals surface area contributed by atoms with E-state index in [-0.39, 0.29) is 0 Å². The highest BCUT2D eigenvalue weighted by atomic mass is 15.1. The number of allylic oxidation sites excluding steroid dienone is 2. The van der Waals surface area contributed by atoms with Crippen LogP contribution in [0.1, 0.15) is 30.4 Å². The lowest BCUT2D eigenvalue weighted by Crippen LogP contribution is -2.18. The zero-order valence-electron chi connectivity index (χ0n) is 17.7. The lowest BCUT2D eigenvalue weighted by atomic mass is 10.0. The van der Waals surface area contributed by atoms with Crippen LogP contribution in [0.15, 0.2) is 90.0 Å². The molecule has 0 saturated heterocycles. The molecule has 0 fully saturated rings. The molecule has 0 saturated carbocycles. The number of aromatic nitrogens is 3. The predicted molar refractivity (Wildman–Crippen MR) is 122 cm³/mol. The molecule has 0 amide bonds. The Morgan fingerprint density at radius 1 is 0.800 bits per heavy atom. The maximum Gasteiger partial charge on any atom is 0.0543 e. The van der Waals surface area contributed by atoms with E-state index in [1.54, 1.807) is 0 Å². The highest BCUT2D eigenvalue weighted by Gasteiger charge is 2.06. The molecule has 0 bridgehead atoms. The van der Waals surface area contributed by atoms with Crippen LogP contribution >= 0.6 is 0 Å². The average Bonchev–Trinajstić information content (AvgIpc) is 2.76. The SMILES string of the molecule is CC1C=C(Cc2ccccn2)N=CC1.CN(Cc1ccccn1)Cc1ccccn1. The first-order valence-electron chi connectivity index (χ1n) is 10.3. The quantitative estimate of drug-likeness (QED) is 0.601. The number of hydrogen-bond acceptors (Lipinski definition) is 5. The summed E-state index contributed by atoms with van der Waals surface area (Å²) < 4.78 is 0. The minimum absolute atomic E-state index is 0.617. The van der Waals surface area contributed by atoms with E-state index in [0.29, 0.717) is 5.92 Å². The van der Waals surface area contributed by atoms with Crippen LogP contribution in [0.25, 0.3) is 0 Å². The van der Waals surface area contributed by atoms with Crippen molar-refractivity contribution in [1.29, 1.82) is 0 Å². The van der Waals surface area contributed by atoms with E-state index in [9.17, 15) is 0 Å². The molecule has 1 unspecified atom stereocenters. The molecule has 1 atom stereocenters. The van der Waals surface area contributed by atoms with Gasteiger partial charge in [0.15, 0.2) is 0 Å². The van der Waals surface area contributed by atoms with Crippen molar-refractivity contribution >= 4 is 6.21 Å². The molecule has 30 heavy (non-hydrogen) atoms. The summed E-state index contributed by atoms with van der Waals surface area (Å²) in [6.45, 7) is 3.90. The average molecular weight is 400 g/mol. The lowest BCUT2D eigenvalue weighted by Gasteiger charge is -2.15. The molecule has 1 aliphatic heterocycles. The van der Waals surface area contributed by atoms with Gasteiger partial charge in [0.2, 0.25) is 0 Å². The van der Waals surface area contributed by atoms with Gasteiger partial charge >= 0.3 is 0 Å². The Labute approximate surface area is 179 Å². The first-order valence-corrected chi connectivity index (χ1v) is 10.3. The molecule has 0 radical (unpaired) electrons. The highest BCUT2D eigenvalue weighted by molar-refractivity contribution is 5.61. The van der Waals surface area contributed by atoms with Gasteiger partial charge in [-0.05, 0) is 55.8 Å². The topological polar surface area (TPSA) is 54.3 Å². The van der Waals surface area contributed by atoms with Crippen LogP contribution in [0, 0.1) is 5.92 Å². The van der Waals surface area contributed by atoms with Crippen LogP contribution in [0.2, 0.25) is 0 Å². The summed E-state index contributed by atoms with van der Waals surface area (Å²) >= 11 is 0. The van der Waals surface area contributed by atoms with Gasteiger partial charge in [-0.25, -0.2) is 0 Å². The number of nitrogens with zero attached hydrogens (tertiary/aromatic N) is 5. The van der Waals surface area contributed by atoms with Crippen molar-refractivity contribution in [2.45, 2.75) is 32.9 Å². The minimum atomic E-state index is 0.617. The molecule has 4 heterocycles. The van der Waals surface area contributed by atoms with E-state index in [2.05, 4.69) is 44.9 Å². The Bertz CT molecular complexity index is 882. The number of aliphatic imine (C=N–C) groups is 1. The number of rotatable bonds is 6. The predicted octanol–water partition coefficient (Wildman–Crippen LogP) is 4.73. The summed E-state index contributed by atoms with van der Waals surface area (Å²) in [5.74, 6) is 0.617. The van der Waals surface area contributed by atoms with Gasteiger partial charge in [0.25, 0.3) is 0 Å². The third kappa shape index (κ3) is 7.68. The Balaban J connectivity index is 0.000000172. The Hall–Kier alpha value is -3.18. The van der Waals surface area contributed by atoms with Crippen molar-refractivity contribution < 1.29 is 0 Å². The second kappa shape index (κ2) is 11.7. The van der Waals surface area contributed by atoms with Crippen LogP contribution in [-0.2, 0) is 19.5 Å². The molecule has 5 nitrogen and oxygen atoms in total. The van der Waals surface area contributed by atoms with Gasteiger partial charge in [-0.3, -0.25) is 24.8 Å². The van der Waals surface area contributed by atoms with Crippen molar-refractivity contribution in [3.63, 3.8) is 0 Å². The van der Waals surface area contributed by atoms with Crippen LogP contribution in [-0.4, -0.2) is 33.1 Å². The molecule has 0 N–H and O–H groups in total. The normalized spacial score (nSPS) is 15.3. The molecule has 0 spiro atoms. The maximum atomic E-state index is 4.37. The van der Waals surface area contributed by atoms with E-state index in [4.69, 9.17) is 0 Å². The first-order chi connectivity index (χ1) is 14.7. The summed E-state index contributed by atoms with van der Waals surface area (Å²) in [5, 5.41) is 0. The molecular weight excluding hydrogens is 370 g/mol. The molecule has 5 heteroatoms. The molecule has 3 aromatic rings. The van der Waals surface area contributed by atoms with Crippen molar-refractivity contribution in [3.8, 4) is 0 Å². The zero-order valence-corrected chi connectivity index (χ0v) is 17.7. The van der Waals surface area contributed by atoms with Gasteiger partial charge in [-0.2, -0.15) is 0 Å². The molecule has 0 aromatic carbocycles. The van der Waals surface area contributed by atoms with E-state index in [1.807, 2.05) is 79.4 Å². The van der Waals surface area contributed by atoms with Crippen molar-refractivity contribution in [2.75, 3.05) is 7.05 Å². The summed E-state index contributed by atoms with van der Waals surface area (Å²) in [5.41, 5.74) is 4.40. The van der Waals surface area contributed by atoms with Crippen LogP contribution in [0.4, 0.5) is 0 Å². The Morgan fingerprint density at radius 2 is 1.33 bits per heavy atom. The summed E-state index contributed by atoms with van der Waals surface area (Å²) in [7, 11) is 2.07. The number of hydrogen-bond donors (Lipinski definition) is 0. The van der Waals surface area contributed by atoms with Gasteiger partial charge in [-0.15, -0.1) is 0 Å². The molecular formula is C25H29N5. The molecule has 0 aliphatic carbocycles. The van der Waals surface area contributed by atoms with E-state index in [0.717, 1.165) is 48.7 Å².